The van der Waals surface area contributed by atoms with Crippen molar-refractivity contribution in [3.8, 4) is 0 Å². The van der Waals surface area contributed by atoms with E-state index in [1.165, 1.54) is 21.7 Å². The lowest BCUT2D eigenvalue weighted by molar-refractivity contribution is 0.557. The molecule has 3 aromatic rings. The zero-order valence-corrected chi connectivity index (χ0v) is 12.1. The molecule has 1 unspecified atom stereocenters. The highest BCUT2D eigenvalue weighted by Crippen LogP contribution is 2.30. The fourth-order valence-electron chi connectivity index (χ4n) is 2.54. The topological polar surface area (TPSA) is 12.0 Å². The summed E-state index contributed by atoms with van der Waals surface area (Å²) in [6, 6.07) is 15.5. The Balaban J connectivity index is 1.98. The average molecular weight is 285 g/mol. The first kappa shape index (κ1) is 13.3. The van der Waals surface area contributed by atoms with E-state index in [4.69, 9.17) is 0 Å². The normalized spacial score (nSPS) is 12.7. The Hall–Kier alpha value is -1.71. The van der Waals surface area contributed by atoms with Gasteiger partial charge in [0, 0.05) is 10.7 Å². The van der Waals surface area contributed by atoms with Gasteiger partial charge in [-0.2, -0.15) is 0 Å². The second-order valence-corrected chi connectivity index (χ2v) is 5.74. The SMILES string of the molecule is CNC(Cc1ccccc1F)c1cccc2ccsc12. The fraction of sp³-hybridized carbons (Fsp3) is 0.176. The summed E-state index contributed by atoms with van der Waals surface area (Å²) in [5.41, 5.74) is 1.99. The van der Waals surface area contributed by atoms with Gasteiger partial charge in [0.2, 0.25) is 0 Å². The molecule has 0 radical (unpaired) electrons. The molecule has 1 atom stereocenters. The van der Waals surface area contributed by atoms with Crippen LogP contribution in [-0.4, -0.2) is 7.05 Å². The summed E-state index contributed by atoms with van der Waals surface area (Å²) in [6.45, 7) is 0. The van der Waals surface area contributed by atoms with Crippen molar-refractivity contribution in [3.05, 3.63) is 70.9 Å². The van der Waals surface area contributed by atoms with Gasteiger partial charge in [-0.15, -0.1) is 11.3 Å². The maximum Gasteiger partial charge on any atom is 0.126 e. The molecular weight excluding hydrogens is 269 g/mol. The van der Waals surface area contributed by atoms with Crippen LogP contribution >= 0.6 is 11.3 Å². The molecule has 20 heavy (non-hydrogen) atoms. The standard InChI is InChI=1S/C17H16FNS/c1-19-16(11-13-5-2-3-8-15(13)18)14-7-4-6-12-9-10-20-17(12)14/h2-10,16,19H,11H2,1H3. The number of likely N-dealkylation sites (N-methyl/N-ethyl adjacent to an activating group) is 1. The molecule has 0 aliphatic carbocycles. The molecular formula is C17H16FNS. The smallest absolute Gasteiger partial charge is 0.126 e. The van der Waals surface area contributed by atoms with Gasteiger partial charge < -0.3 is 5.32 Å². The molecule has 0 aliphatic heterocycles. The number of nitrogens with one attached hydrogen (secondary N) is 1. The van der Waals surface area contributed by atoms with Crippen LogP contribution in [0.4, 0.5) is 4.39 Å². The van der Waals surface area contributed by atoms with E-state index in [9.17, 15) is 4.39 Å². The van der Waals surface area contributed by atoms with E-state index >= 15 is 0 Å². The van der Waals surface area contributed by atoms with Crippen LogP contribution in [0.3, 0.4) is 0 Å². The molecule has 0 spiro atoms. The van der Waals surface area contributed by atoms with E-state index in [1.807, 2.05) is 19.2 Å². The highest BCUT2D eigenvalue weighted by molar-refractivity contribution is 7.17. The van der Waals surface area contributed by atoms with Gasteiger partial charge in [0.15, 0.2) is 0 Å². The van der Waals surface area contributed by atoms with E-state index in [0.717, 1.165) is 5.56 Å². The van der Waals surface area contributed by atoms with Gasteiger partial charge >= 0.3 is 0 Å². The second-order valence-electron chi connectivity index (χ2n) is 4.82. The number of hydrogen-bond donors (Lipinski definition) is 1. The average Bonchev–Trinajstić information content (AvgIpc) is 2.95. The number of benzene rings is 2. The van der Waals surface area contributed by atoms with E-state index in [-0.39, 0.29) is 11.9 Å². The van der Waals surface area contributed by atoms with Gasteiger partial charge in [-0.25, -0.2) is 4.39 Å². The number of fused-ring (bicyclic) bond motifs is 1. The van der Waals surface area contributed by atoms with Gasteiger partial charge in [0.05, 0.1) is 0 Å². The zero-order chi connectivity index (χ0) is 13.9. The quantitative estimate of drug-likeness (QED) is 0.742. The number of rotatable bonds is 4. The van der Waals surface area contributed by atoms with Gasteiger partial charge in [0.1, 0.15) is 5.82 Å². The summed E-state index contributed by atoms with van der Waals surface area (Å²) in [5, 5.41) is 6.67. The second kappa shape index (κ2) is 5.73. The Morgan fingerprint density at radius 1 is 1.10 bits per heavy atom. The Labute approximate surface area is 122 Å². The molecule has 3 rings (SSSR count). The lowest BCUT2D eigenvalue weighted by atomic mass is 9.98. The van der Waals surface area contributed by atoms with E-state index in [1.54, 1.807) is 17.4 Å². The predicted molar refractivity (Wildman–Crippen MR) is 83.7 cm³/mol. The van der Waals surface area contributed by atoms with Crippen molar-refractivity contribution in [2.45, 2.75) is 12.5 Å². The summed E-state index contributed by atoms with van der Waals surface area (Å²) in [5.74, 6) is -0.133. The van der Waals surface area contributed by atoms with Gasteiger partial charge in [-0.1, -0.05) is 36.4 Å². The first-order valence-corrected chi connectivity index (χ1v) is 7.54. The van der Waals surface area contributed by atoms with E-state index in [0.29, 0.717) is 6.42 Å². The Kier molecular flexibility index (Phi) is 3.81. The van der Waals surface area contributed by atoms with Crippen LogP contribution in [0.5, 0.6) is 0 Å². The largest absolute Gasteiger partial charge is 0.313 e. The summed E-state index contributed by atoms with van der Waals surface area (Å²) < 4.78 is 15.1. The third-order valence-corrected chi connectivity index (χ3v) is 4.59. The molecule has 1 N–H and O–H groups in total. The molecule has 0 aliphatic rings. The molecule has 0 bridgehead atoms. The minimum atomic E-state index is -0.133. The third kappa shape index (κ3) is 2.47. The lowest BCUT2D eigenvalue weighted by Crippen LogP contribution is -2.19. The number of halogens is 1. The van der Waals surface area contributed by atoms with Gasteiger partial charge in [-0.05, 0) is 47.5 Å². The highest BCUT2D eigenvalue weighted by atomic mass is 32.1. The molecule has 0 saturated carbocycles. The van der Waals surface area contributed by atoms with Crippen LogP contribution in [0.1, 0.15) is 17.2 Å². The Morgan fingerprint density at radius 2 is 1.95 bits per heavy atom. The molecule has 1 aromatic heterocycles. The minimum absolute atomic E-state index is 0.120. The third-order valence-electron chi connectivity index (χ3n) is 3.62. The van der Waals surface area contributed by atoms with Crippen LogP contribution in [0.15, 0.2) is 53.9 Å². The van der Waals surface area contributed by atoms with Crippen LogP contribution in [0, 0.1) is 5.82 Å². The number of thiophene rings is 1. The summed E-state index contributed by atoms with van der Waals surface area (Å²) in [4.78, 5) is 0. The van der Waals surface area contributed by atoms with Gasteiger partial charge in [0.25, 0.3) is 0 Å². The molecule has 102 valence electrons. The summed E-state index contributed by atoms with van der Waals surface area (Å²) >= 11 is 1.74. The molecule has 1 nitrogen and oxygen atoms in total. The maximum atomic E-state index is 13.8. The lowest BCUT2D eigenvalue weighted by Gasteiger charge is -2.18. The van der Waals surface area contributed by atoms with Crippen LogP contribution in [0.25, 0.3) is 10.1 Å². The Bertz CT molecular complexity index is 720. The zero-order valence-electron chi connectivity index (χ0n) is 11.3. The summed E-state index contributed by atoms with van der Waals surface area (Å²) in [7, 11) is 1.93. The van der Waals surface area contributed by atoms with Crippen LogP contribution < -0.4 is 5.32 Å². The molecule has 0 saturated heterocycles. The minimum Gasteiger partial charge on any atom is -0.313 e. The molecule has 3 heteroatoms. The van der Waals surface area contributed by atoms with E-state index in [2.05, 4.69) is 35.0 Å². The predicted octanol–water partition coefficient (Wildman–Crippen LogP) is 4.54. The maximum absolute atomic E-state index is 13.8. The summed E-state index contributed by atoms with van der Waals surface area (Å²) in [6.07, 6.45) is 0.653. The van der Waals surface area contributed by atoms with E-state index < -0.39 is 0 Å². The van der Waals surface area contributed by atoms with Crippen LogP contribution in [0.2, 0.25) is 0 Å². The molecule has 0 fully saturated rings. The van der Waals surface area contributed by atoms with Crippen molar-refractivity contribution in [1.82, 2.24) is 5.32 Å². The molecule has 2 aromatic carbocycles. The molecule has 1 heterocycles. The van der Waals surface area contributed by atoms with Crippen LogP contribution in [-0.2, 0) is 6.42 Å². The van der Waals surface area contributed by atoms with Gasteiger partial charge in [-0.3, -0.25) is 0 Å². The molecule has 0 amide bonds. The highest BCUT2D eigenvalue weighted by Gasteiger charge is 2.15. The van der Waals surface area contributed by atoms with Crippen molar-refractivity contribution in [2.75, 3.05) is 7.05 Å². The fourth-order valence-corrected chi connectivity index (χ4v) is 3.51. The van der Waals surface area contributed by atoms with Crippen molar-refractivity contribution < 1.29 is 4.39 Å². The van der Waals surface area contributed by atoms with Crippen molar-refractivity contribution in [1.29, 1.82) is 0 Å². The first-order valence-electron chi connectivity index (χ1n) is 6.66. The first-order chi connectivity index (χ1) is 9.79. The monoisotopic (exact) mass is 285 g/mol. The van der Waals surface area contributed by atoms with Crippen molar-refractivity contribution in [2.24, 2.45) is 0 Å². The van der Waals surface area contributed by atoms with Crippen molar-refractivity contribution in [3.63, 3.8) is 0 Å². The Morgan fingerprint density at radius 3 is 2.75 bits per heavy atom. The van der Waals surface area contributed by atoms with Crippen molar-refractivity contribution >= 4 is 21.4 Å². The number of hydrogen-bond acceptors (Lipinski definition) is 2.